The summed E-state index contributed by atoms with van der Waals surface area (Å²) in [7, 11) is -3.93. The van der Waals surface area contributed by atoms with Gasteiger partial charge in [0.25, 0.3) is 5.91 Å². The van der Waals surface area contributed by atoms with E-state index in [1.54, 1.807) is 0 Å². The number of anilines is 1. The van der Waals surface area contributed by atoms with Crippen LogP contribution in [0.5, 0.6) is 0 Å². The van der Waals surface area contributed by atoms with Crippen LogP contribution >= 0.6 is 0 Å². The fourth-order valence-electron chi connectivity index (χ4n) is 3.07. The number of nitrogens with two attached hydrogens (primary N) is 2. The molecular weight excluding hydrogens is 374 g/mol. The summed E-state index contributed by atoms with van der Waals surface area (Å²) in [6.45, 7) is 0.489. The Balaban J connectivity index is 1.93. The molecule has 0 saturated carbocycles. The van der Waals surface area contributed by atoms with Gasteiger partial charge in [0.2, 0.25) is 10.0 Å². The van der Waals surface area contributed by atoms with Crippen molar-refractivity contribution in [3.63, 3.8) is 0 Å². The molecule has 144 valence electrons. The summed E-state index contributed by atoms with van der Waals surface area (Å²) >= 11 is 0. The number of hydrogen-bond acceptors (Lipinski definition) is 4. The lowest BCUT2D eigenvalue weighted by atomic mass is 9.91. The van der Waals surface area contributed by atoms with Gasteiger partial charge in [-0.1, -0.05) is 60.7 Å². The van der Waals surface area contributed by atoms with Crippen molar-refractivity contribution in [3.05, 3.63) is 95.6 Å². The summed E-state index contributed by atoms with van der Waals surface area (Å²) in [6, 6.07) is 24.0. The zero-order valence-electron chi connectivity index (χ0n) is 15.1. The molecule has 1 amide bonds. The molecule has 28 heavy (non-hydrogen) atoms. The molecular formula is C21H21N3O3S. The summed E-state index contributed by atoms with van der Waals surface area (Å²) in [5.74, 6) is -0.704. The molecule has 0 aliphatic heterocycles. The minimum Gasteiger partial charge on any atom is -0.383 e. The highest BCUT2D eigenvalue weighted by Gasteiger charge is 2.18. The Bertz CT molecular complexity index is 1030. The fraction of sp³-hybridized carbons (Fsp3) is 0.0952. The SMILES string of the molecule is NC(=O)c1cc(S(N)(=O)=O)ccc1NCC(c1ccccc1)c1ccccc1. The maximum Gasteiger partial charge on any atom is 0.250 e. The second kappa shape index (κ2) is 8.24. The van der Waals surface area contributed by atoms with Crippen LogP contribution in [0.1, 0.15) is 27.4 Å². The highest BCUT2D eigenvalue weighted by Crippen LogP contribution is 2.26. The molecule has 0 atom stereocenters. The molecule has 7 heteroatoms. The van der Waals surface area contributed by atoms with Gasteiger partial charge in [-0.05, 0) is 29.3 Å². The summed E-state index contributed by atoms with van der Waals surface area (Å²) in [5.41, 5.74) is 8.20. The van der Waals surface area contributed by atoms with E-state index in [9.17, 15) is 13.2 Å². The maximum absolute atomic E-state index is 11.8. The van der Waals surface area contributed by atoms with Gasteiger partial charge in [-0.3, -0.25) is 4.79 Å². The van der Waals surface area contributed by atoms with Gasteiger partial charge in [0.1, 0.15) is 0 Å². The molecule has 5 N–H and O–H groups in total. The van der Waals surface area contributed by atoms with Gasteiger partial charge in [0.05, 0.1) is 10.5 Å². The number of hydrogen-bond donors (Lipinski definition) is 3. The predicted octanol–water partition coefficient (Wildman–Crippen LogP) is 2.68. The molecule has 0 bridgehead atoms. The average Bonchev–Trinajstić information content (AvgIpc) is 2.69. The third-order valence-corrected chi connectivity index (χ3v) is 5.40. The summed E-state index contributed by atoms with van der Waals surface area (Å²) in [6.07, 6.45) is 0. The van der Waals surface area contributed by atoms with E-state index >= 15 is 0 Å². The quantitative estimate of drug-likeness (QED) is 0.570. The standard InChI is InChI=1S/C21H21N3O3S/c22-21(25)18-13-17(28(23,26)27)11-12-20(18)24-14-19(15-7-3-1-4-8-15)16-9-5-2-6-10-16/h1-13,19,24H,14H2,(H2,22,25)(H2,23,26,27). The molecule has 0 aromatic heterocycles. The van der Waals surface area contributed by atoms with Gasteiger partial charge < -0.3 is 11.1 Å². The van der Waals surface area contributed by atoms with E-state index in [1.807, 2.05) is 60.7 Å². The predicted molar refractivity (Wildman–Crippen MR) is 110 cm³/mol. The van der Waals surface area contributed by atoms with E-state index < -0.39 is 15.9 Å². The molecule has 0 heterocycles. The summed E-state index contributed by atoms with van der Waals surface area (Å²) in [4.78, 5) is 11.7. The van der Waals surface area contributed by atoms with Crippen LogP contribution in [0.25, 0.3) is 0 Å². The summed E-state index contributed by atoms with van der Waals surface area (Å²) < 4.78 is 23.1. The molecule has 0 fully saturated rings. The smallest absolute Gasteiger partial charge is 0.250 e. The number of carbonyl (C=O) groups is 1. The van der Waals surface area contributed by atoms with Crippen LogP contribution in [0.2, 0.25) is 0 Å². The van der Waals surface area contributed by atoms with E-state index in [2.05, 4.69) is 5.32 Å². The molecule has 0 saturated heterocycles. The van der Waals surface area contributed by atoms with Crippen LogP contribution in [0.15, 0.2) is 83.8 Å². The molecule has 0 aliphatic carbocycles. The van der Waals surface area contributed by atoms with Crippen molar-refractivity contribution in [2.24, 2.45) is 10.9 Å². The van der Waals surface area contributed by atoms with E-state index in [0.29, 0.717) is 12.2 Å². The Morgan fingerprint density at radius 3 is 1.89 bits per heavy atom. The van der Waals surface area contributed by atoms with Crippen LogP contribution in [-0.2, 0) is 10.0 Å². The molecule has 3 aromatic carbocycles. The van der Waals surface area contributed by atoms with Crippen molar-refractivity contribution in [2.75, 3.05) is 11.9 Å². The largest absolute Gasteiger partial charge is 0.383 e. The maximum atomic E-state index is 11.8. The highest BCUT2D eigenvalue weighted by atomic mass is 32.2. The molecule has 0 radical (unpaired) electrons. The number of primary amides is 1. The van der Waals surface area contributed by atoms with E-state index in [1.165, 1.54) is 18.2 Å². The fourth-order valence-corrected chi connectivity index (χ4v) is 3.61. The van der Waals surface area contributed by atoms with E-state index in [-0.39, 0.29) is 16.4 Å². The lowest BCUT2D eigenvalue weighted by molar-refractivity contribution is 0.100. The lowest BCUT2D eigenvalue weighted by Gasteiger charge is -2.20. The molecule has 3 rings (SSSR count). The molecule has 0 spiro atoms. The van der Waals surface area contributed by atoms with Crippen LogP contribution in [0.3, 0.4) is 0 Å². The van der Waals surface area contributed by atoms with Crippen molar-refractivity contribution in [1.82, 2.24) is 0 Å². The monoisotopic (exact) mass is 395 g/mol. The van der Waals surface area contributed by atoms with Crippen molar-refractivity contribution in [3.8, 4) is 0 Å². The van der Waals surface area contributed by atoms with Crippen molar-refractivity contribution < 1.29 is 13.2 Å². The normalized spacial score (nSPS) is 11.4. The van der Waals surface area contributed by atoms with Gasteiger partial charge in [-0.15, -0.1) is 0 Å². The average molecular weight is 395 g/mol. The van der Waals surface area contributed by atoms with Crippen molar-refractivity contribution in [1.29, 1.82) is 0 Å². The van der Waals surface area contributed by atoms with Crippen LogP contribution in [-0.4, -0.2) is 20.9 Å². The zero-order chi connectivity index (χ0) is 20.1. The molecule has 0 aliphatic rings. The Morgan fingerprint density at radius 2 is 1.43 bits per heavy atom. The van der Waals surface area contributed by atoms with Crippen molar-refractivity contribution >= 4 is 21.6 Å². The number of sulfonamides is 1. The van der Waals surface area contributed by atoms with Gasteiger partial charge >= 0.3 is 0 Å². The number of carbonyl (C=O) groups excluding carboxylic acids is 1. The molecule has 0 unspecified atom stereocenters. The van der Waals surface area contributed by atoms with Gasteiger partial charge in [-0.2, -0.15) is 0 Å². The van der Waals surface area contributed by atoms with Crippen LogP contribution < -0.4 is 16.2 Å². The van der Waals surface area contributed by atoms with Gasteiger partial charge in [0, 0.05) is 18.2 Å². The van der Waals surface area contributed by atoms with E-state index in [0.717, 1.165) is 11.1 Å². The van der Waals surface area contributed by atoms with Crippen molar-refractivity contribution in [2.45, 2.75) is 10.8 Å². The Hall–Kier alpha value is -3.16. The number of nitrogens with one attached hydrogen (secondary N) is 1. The number of rotatable bonds is 7. The minimum atomic E-state index is -3.93. The topological polar surface area (TPSA) is 115 Å². The number of primary sulfonamides is 1. The lowest BCUT2D eigenvalue weighted by Crippen LogP contribution is -2.20. The third-order valence-electron chi connectivity index (χ3n) is 4.49. The van der Waals surface area contributed by atoms with E-state index in [4.69, 9.17) is 10.9 Å². The summed E-state index contributed by atoms with van der Waals surface area (Å²) in [5, 5.41) is 8.38. The highest BCUT2D eigenvalue weighted by molar-refractivity contribution is 7.89. The number of benzene rings is 3. The number of amides is 1. The second-order valence-electron chi connectivity index (χ2n) is 6.37. The second-order valence-corrected chi connectivity index (χ2v) is 7.93. The van der Waals surface area contributed by atoms with Gasteiger partial charge in [0.15, 0.2) is 0 Å². The van der Waals surface area contributed by atoms with Gasteiger partial charge in [-0.25, -0.2) is 13.6 Å². The molecule has 6 nitrogen and oxygen atoms in total. The zero-order valence-corrected chi connectivity index (χ0v) is 15.9. The first-order chi connectivity index (χ1) is 13.4. The first-order valence-corrected chi connectivity index (χ1v) is 10.2. The Labute approximate surface area is 164 Å². The minimum absolute atomic E-state index is 0.0287. The Kier molecular flexibility index (Phi) is 5.77. The first kappa shape index (κ1) is 19.6. The molecule has 3 aromatic rings. The van der Waals surface area contributed by atoms with Crippen LogP contribution in [0, 0.1) is 0 Å². The van der Waals surface area contributed by atoms with Crippen LogP contribution in [0.4, 0.5) is 5.69 Å². The third kappa shape index (κ3) is 4.57. The Morgan fingerprint density at radius 1 is 0.893 bits per heavy atom. The first-order valence-electron chi connectivity index (χ1n) is 8.66.